The van der Waals surface area contributed by atoms with Gasteiger partial charge in [0.15, 0.2) is 5.82 Å². The van der Waals surface area contributed by atoms with Gasteiger partial charge in [0, 0.05) is 11.6 Å². The van der Waals surface area contributed by atoms with Crippen LogP contribution >= 0.6 is 23.2 Å². The van der Waals surface area contributed by atoms with Gasteiger partial charge in [-0.1, -0.05) is 34.9 Å². The van der Waals surface area contributed by atoms with E-state index < -0.39 is 0 Å². The number of aromatic nitrogens is 3. The Kier molecular flexibility index (Phi) is 5.88. The predicted octanol–water partition coefficient (Wildman–Crippen LogP) is 5.22. The molecule has 2 N–H and O–H groups in total. The van der Waals surface area contributed by atoms with E-state index in [0.29, 0.717) is 27.5 Å². The van der Waals surface area contributed by atoms with Crippen molar-refractivity contribution in [3.63, 3.8) is 0 Å². The number of benzene rings is 1. The van der Waals surface area contributed by atoms with Crippen LogP contribution < -0.4 is 10.6 Å². The first kappa shape index (κ1) is 17.0. The van der Waals surface area contributed by atoms with Gasteiger partial charge in [0.2, 0.25) is 5.95 Å². The third-order valence-corrected chi connectivity index (χ3v) is 4.44. The fourth-order valence-electron chi connectivity index (χ4n) is 2.64. The highest BCUT2D eigenvalue weighted by Gasteiger charge is 2.07. The van der Waals surface area contributed by atoms with Crippen LogP contribution in [0.1, 0.15) is 32.1 Å². The molecule has 0 fully saturated rings. The first-order chi connectivity index (χ1) is 11.7. The molecule has 24 heavy (non-hydrogen) atoms. The number of nitrogens with zero attached hydrogens (tertiary/aromatic N) is 3. The average Bonchev–Trinajstić information content (AvgIpc) is 2.60. The van der Waals surface area contributed by atoms with E-state index in [2.05, 4.69) is 31.9 Å². The maximum absolute atomic E-state index is 6.14. The Balaban J connectivity index is 1.59. The lowest BCUT2D eigenvalue weighted by atomic mass is 9.97. The van der Waals surface area contributed by atoms with Crippen LogP contribution in [0.2, 0.25) is 10.0 Å². The third kappa shape index (κ3) is 4.82. The molecule has 0 aliphatic heterocycles. The summed E-state index contributed by atoms with van der Waals surface area (Å²) in [4.78, 5) is 4.40. The van der Waals surface area contributed by atoms with Gasteiger partial charge in [-0.2, -0.15) is 10.1 Å². The van der Waals surface area contributed by atoms with E-state index in [0.717, 1.165) is 13.0 Å². The molecule has 0 atom stereocenters. The van der Waals surface area contributed by atoms with Gasteiger partial charge in [0.25, 0.3) is 0 Å². The predicted molar refractivity (Wildman–Crippen MR) is 99.2 cm³/mol. The van der Waals surface area contributed by atoms with Gasteiger partial charge in [-0.05, 0) is 50.3 Å². The fourth-order valence-corrected chi connectivity index (χ4v) is 2.98. The second-order valence-corrected chi connectivity index (χ2v) is 6.54. The summed E-state index contributed by atoms with van der Waals surface area (Å²) in [5, 5.41) is 15.4. The number of hydrogen-bond donors (Lipinski definition) is 2. The standard InChI is InChI=1S/C17H19Cl2N5/c18-13-6-7-14(19)15(10-13)22-17-23-16(11-21-24-17)20-9-8-12-4-2-1-3-5-12/h4,6-7,10-11H,1-3,5,8-9H2,(H2,20,22,23,24). The Morgan fingerprint density at radius 2 is 2.08 bits per heavy atom. The zero-order chi connectivity index (χ0) is 16.8. The molecule has 1 aromatic heterocycles. The number of anilines is 3. The second kappa shape index (κ2) is 8.31. The summed E-state index contributed by atoms with van der Waals surface area (Å²) in [5.41, 5.74) is 2.18. The molecule has 0 bridgehead atoms. The molecule has 1 aromatic carbocycles. The van der Waals surface area contributed by atoms with Crippen molar-refractivity contribution in [1.82, 2.24) is 15.2 Å². The van der Waals surface area contributed by atoms with Crippen molar-refractivity contribution < 1.29 is 0 Å². The maximum atomic E-state index is 6.14. The number of allylic oxidation sites excluding steroid dienone is 1. The lowest BCUT2D eigenvalue weighted by molar-refractivity contribution is 0.679. The lowest BCUT2D eigenvalue weighted by Crippen LogP contribution is -2.08. The Labute approximate surface area is 151 Å². The first-order valence-electron chi connectivity index (χ1n) is 8.04. The van der Waals surface area contributed by atoms with E-state index in [1.54, 1.807) is 24.4 Å². The zero-order valence-electron chi connectivity index (χ0n) is 13.2. The van der Waals surface area contributed by atoms with Gasteiger partial charge in [0.05, 0.1) is 16.9 Å². The van der Waals surface area contributed by atoms with Crippen molar-refractivity contribution >= 4 is 40.7 Å². The monoisotopic (exact) mass is 363 g/mol. The molecule has 1 heterocycles. The molecule has 5 nitrogen and oxygen atoms in total. The highest BCUT2D eigenvalue weighted by Crippen LogP contribution is 2.27. The summed E-state index contributed by atoms with van der Waals surface area (Å²) >= 11 is 12.1. The van der Waals surface area contributed by atoms with Crippen molar-refractivity contribution in [3.8, 4) is 0 Å². The van der Waals surface area contributed by atoms with Crippen LogP contribution in [0.15, 0.2) is 36.0 Å². The summed E-state index contributed by atoms with van der Waals surface area (Å²) in [5.74, 6) is 1.06. The van der Waals surface area contributed by atoms with E-state index in [4.69, 9.17) is 23.2 Å². The van der Waals surface area contributed by atoms with Gasteiger partial charge >= 0.3 is 0 Å². The van der Waals surface area contributed by atoms with Crippen molar-refractivity contribution in [1.29, 1.82) is 0 Å². The summed E-state index contributed by atoms with van der Waals surface area (Å²) in [6, 6.07) is 5.18. The van der Waals surface area contributed by atoms with E-state index >= 15 is 0 Å². The minimum atomic E-state index is 0.376. The molecule has 0 spiro atoms. The van der Waals surface area contributed by atoms with E-state index in [9.17, 15) is 0 Å². The number of halogens is 2. The average molecular weight is 364 g/mol. The molecule has 0 unspecified atom stereocenters. The molecule has 0 amide bonds. The summed E-state index contributed by atoms with van der Waals surface area (Å²) in [7, 11) is 0. The van der Waals surface area contributed by atoms with E-state index in [-0.39, 0.29) is 0 Å². The van der Waals surface area contributed by atoms with Crippen molar-refractivity contribution in [2.75, 3.05) is 17.2 Å². The smallest absolute Gasteiger partial charge is 0.249 e. The normalized spacial score (nSPS) is 14.2. The molecule has 126 valence electrons. The second-order valence-electron chi connectivity index (χ2n) is 5.70. The van der Waals surface area contributed by atoms with Gasteiger partial charge < -0.3 is 10.6 Å². The Morgan fingerprint density at radius 1 is 1.17 bits per heavy atom. The van der Waals surface area contributed by atoms with Crippen LogP contribution in [0.4, 0.5) is 17.5 Å². The molecule has 1 aliphatic carbocycles. The Morgan fingerprint density at radius 3 is 2.92 bits per heavy atom. The maximum Gasteiger partial charge on any atom is 0.249 e. The summed E-state index contributed by atoms with van der Waals surface area (Å²) in [6.07, 6.45) is 10.0. The van der Waals surface area contributed by atoms with Crippen molar-refractivity contribution in [2.24, 2.45) is 0 Å². The summed E-state index contributed by atoms with van der Waals surface area (Å²) < 4.78 is 0. The van der Waals surface area contributed by atoms with Gasteiger partial charge in [-0.3, -0.25) is 0 Å². The quantitative estimate of drug-likeness (QED) is 0.688. The van der Waals surface area contributed by atoms with Gasteiger partial charge in [-0.15, -0.1) is 5.10 Å². The molecule has 3 rings (SSSR count). The first-order valence-corrected chi connectivity index (χ1v) is 8.80. The van der Waals surface area contributed by atoms with Crippen molar-refractivity contribution in [2.45, 2.75) is 32.1 Å². The van der Waals surface area contributed by atoms with Crippen LogP contribution in [0.3, 0.4) is 0 Å². The Hall–Kier alpha value is -1.85. The van der Waals surface area contributed by atoms with E-state index in [1.165, 1.54) is 31.3 Å². The highest BCUT2D eigenvalue weighted by atomic mass is 35.5. The Bertz CT molecular complexity index is 733. The third-order valence-electron chi connectivity index (χ3n) is 3.87. The fraction of sp³-hybridized carbons (Fsp3) is 0.353. The lowest BCUT2D eigenvalue weighted by Gasteiger charge is -2.13. The highest BCUT2D eigenvalue weighted by molar-refractivity contribution is 6.35. The molecule has 2 aromatic rings. The molecule has 7 heteroatoms. The van der Waals surface area contributed by atoms with Crippen LogP contribution in [0, 0.1) is 0 Å². The molecule has 1 aliphatic rings. The van der Waals surface area contributed by atoms with Crippen LogP contribution in [0.5, 0.6) is 0 Å². The van der Waals surface area contributed by atoms with Crippen LogP contribution in [0.25, 0.3) is 0 Å². The number of hydrogen-bond acceptors (Lipinski definition) is 5. The van der Waals surface area contributed by atoms with Crippen LogP contribution in [-0.2, 0) is 0 Å². The van der Waals surface area contributed by atoms with Crippen LogP contribution in [-0.4, -0.2) is 21.7 Å². The number of nitrogens with one attached hydrogen (secondary N) is 2. The zero-order valence-corrected chi connectivity index (χ0v) is 14.7. The molecule has 0 saturated carbocycles. The topological polar surface area (TPSA) is 62.7 Å². The van der Waals surface area contributed by atoms with Gasteiger partial charge in [0.1, 0.15) is 0 Å². The number of rotatable bonds is 6. The molecule has 0 saturated heterocycles. The van der Waals surface area contributed by atoms with E-state index in [1.807, 2.05) is 0 Å². The molecular weight excluding hydrogens is 345 g/mol. The SMILES string of the molecule is Clc1ccc(Cl)c(Nc2nncc(NCCC3=CCCCC3)n2)c1. The van der Waals surface area contributed by atoms with Gasteiger partial charge in [-0.25, -0.2) is 0 Å². The minimum absolute atomic E-state index is 0.376. The molecule has 0 radical (unpaired) electrons. The minimum Gasteiger partial charge on any atom is -0.368 e. The molecular formula is C17H19Cl2N5. The largest absolute Gasteiger partial charge is 0.368 e. The summed E-state index contributed by atoms with van der Waals surface area (Å²) in [6.45, 7) is 0.835. The van der Waals surface area contributed by atoms with Crippen molar-refractivity contribution in [3.05, 3.63) is 46.1 Å².